The van der Waals surface area contributed by atoms with Gasteiger partial charge in [-0.3, -0.25) is 4.90 Å². The Balaban J connectivity index is 1.90. The molecular formula is C23H37NO3. The minimum atomic E-state index is -0.578. The van der Waals surface area contributed by atoms with E-state index in [4.69, 9.17) is 9.47 Å². The lowest BCUT2D eigenvalue weighted by Gasteiger charge is -2.52. The third kappa shape index (κ3) is 3.84. The molecular weight excluding hydrogens is 338 g/mol. The van der Waals surface area contributed by atoms with Gasteiger partial charge in [-0.2, -0.15) is 0 Å². The lowest BCUT2D eigenvalue weighted by atomic mass is 9.69. The van der Waals surface area contributed by atoms with Crippen LogP contribution >= 0.6 is 0 Å². The first kappa shape index (κ1) is 20.5. The van der Waals surface area contributed by atoms with E-state index in [0.717, 1.165) is 50.3 Å². The smallest absolute Gasteiger partial charge is 0.161 e. The second kappa shape index (κ2) is 8.40. The van der Waals surface area contributed by atoms with Crippen LogP contribution in [0.15, 0.2) is 12.1 Å². The summed E-state index contributed by atoms with van der Waals surface area (Å²) in [4.78, 5) is 2.60. The molecule has 4 heteroatoms. The second-order valence-corrected chi connectivity index (χ2v) is 8.44. The molecule has 1 aromatic rings. The molecule has 0 unspecified atom stereocenters. The van der Waals surface area contributed by atoms with Gasteiger partial charge in [0.05, 0.1) is 19.8 Å². The van der Waals surface area contributed by atoms with Crippen LogP contribution in [0.25, 0.3) is 0 Å². The van der Waals surface area contributed by atoms with E-state index in [1.165, 1.54) is 24.0 Å². The fourth-order valence-electron chi connectivity index (χ4n) is 5.24. The van der Waals surface area contributed by atoms with Crippen LogP contribution in [0.4, 0.5) is 0 Å². The van der Waals surface area contributed by atoms with Gasteiger partial charge in [0.1, 0.15) is 0 Å². The van der Waals surface area contributed by atoms with E-state index in [1.807, 2.05) is 0 Å². The molecule has 0 bridgehead atoms. The van der Waals surface area contributed by atoms with Gasteiger partial charge in [-0.25, -0.2) is 0 Å². The van der Waals surface area contributed by atoms with Crippen LogP contribution in [0, 0.1) is 11.8 Å². The van der Waals surface area contributed by atoms with E-state index < -0.39 is 5.60 Å². The highest BCUT2D eigenvalue weighted by atomic mass is 16.5. The Hall–Kier alpha value is -1.26. The Morgan fingerprint density at radius 2 is 1.81 bits per heavy atom. The SMILES string of the molecule is CCC(CC)C[C@@H]1CN2CCc3cc(OC)c(OC)cc3[C@@H]2C[C@]1(O)CC. The van der Waals surface area contributed by atoms with Gasteiger partial charge < -0.3 is 14.6 Å². The maximum atomic E-state index is 11.6. The summed E-state index contributed by atoms with van der Waals surface area (Å²) in [5.41, 5.74) is 2.07. The average molecular weight is 376 g/mol. The predicted octanol–water partition coefficient (Wildman–Crippen LogP) is 4.59. The third-order valence-corrected chi connectivity index (χ3v) is 7.26. The summed E-state index contributed by atoms with van der Waals surface area (Å²) >= 11 is 0. The summed E-state index contributed by atoms with van der Waals surface area (Å²) in [6, 6.07) is 4.55. The van der Waals surface area contributed by atoms with Crippen LogP contribution in [-0.4, -0.2) is 42.9 Å². The normalized spacial score (nSPS) is 28.0. The van der Waals surface area contributed by atoms with Gasteiger partial charge in [0.2, 0.25) is 0 Å². The highest BCUT2D eigenvalue weighted by Gasteiger charge is 2.46. The van der Waals surface area contributed by atoms with E-state index in [9.17, 15) is 5.11 Å². The Kier molecular flexibility index (Phi) is 6.37. The van der Waals surface area contributed by atoms with Crippen molar-refractivity contribution in [2.24, 2.45) is 11.8 Å². The molecule has 3 rings (SSSR count). The molecule has 0 aliphatic carbocycles. The van der Waals surface area contributed by atoms with Crippen LogP contribution in [0.3, 0.4) is 0 Å². The molecule has 2 aliphatic heterocycles. The minimum Gasteiger partial charge on any atom is -0.493 e. The van der Waals surface area contributed by atoms with Crippen LogP contribution in [0.1, 0.15) is 70.0 Å². The van der Waals surface area contributed by atoms with Crippen LogP contribution < -0.4 is 9.47 Å². The number of hydrogen-bond donors (Lipinski definition) is 1. The molecule has 152 valence electrons. The Bertz CT molecular complexity index is 643. The van der Waals surface area contributed by atoms with Gasteiger partial charge in [0, 0.05) is 25.0 Å². The fourth-order valence-corrected chi connectivity index (χ4v) is 5.24. The van der Waals surface area contributed by atoms with E-state index in [1.54, 1.807) is 14.2 Å². The molecule has 1 saturated heterocycles. The van der Waals surface area contributed by atoms with Gasteiger partial charge in [0.15, 0.2) is 11.5 Å². The molecule has 0 amide bonds. The maximum Gasteiger partial charge on any atom is 0.161 e. The first-order valence-corrected chi connectivity index (χ1v) is 10.7. The number of nitrogens with zero attached hydrogens (tertiary/aromatic N) is 1. The number of ether oxygens (including phenoxy) is 2. The van der Waals surface area contributed by atoms with E-state index in [2.05, 4.69) is 37.8 Å². The number of fused-ring (bicyclic) bond motifs is 3. The Morgan fingerprint density at radius 3 is 2.41 bits per heavy atom. The van der Waals surface area contributed by atoms with E-state index in [-0.39, 0.29) is 6.04 Å². The summed E-state index contributed by atoms with van der Waals surface area (Å²) in [6.07, 6.45) is 6.22. The summed E-state index contributed by atoms with van der Waals surface area (Å²) < 4.78 is 11.1. The monoisotopic (exact) mass is 375 g/mol. The van der Waals surface area contributed by atoms with Crippen molar-refractivity contribution in [3.8, 4) is 11.5 Å². The summed E-state index contributed by atoms with van der Waals surface area (Å²) in [7, 11) is 3.39. The highest BCUT2D eigenvalue weighted by Crippen LogP contribution is 2.48. The number of aliphatic hydroxyl groups is 1. The lowest BCUT2D eigenvalue weighted by molar-refractivity contribution is -0.107. The predicted molar refractivity (Wildman–Crippen MR) is 110 cm³/mol. The Labute approximate surface area is 164 Å². The molecule has 2 aliphatic rings. The molecule has 2 heterocycles. The number of benzene rings is 1. The van der Waals surface area contributed by atoms with Crippen LogP contribution in [0.5, 0.6) is 11.5 Å². The van der Waals surface area contributed by atoms with Crippen molar-refractivity contribution in [3.63, 3.8) is 0 Å². The van der Waals surface area contributed by atoms with E-state index in [0.29, 0.717) is 11.8 Å². The largest absolute Gasteiger partial charge is 0.493 e. The summed E-state index contributed by atoms with van der Waals surface area (Å²) in [6.45, 7) is 8.77. The average Bonchev–Trinajstić information content (AvgIpc) is 2.71. The van der Waals surface area contributed by atoms with Gasteiger partial charge >= 0.3 is 0 Å². The zero-order valence-electron chi connectivity index (χ0n) is 17.8. The molecule has 0 radical (unpaired) electrons. The Morgan fingerprint density at radius 1 is 1.15 bits per heavy atom. The molecule has 0 spiro atoms. The van der Waals surface area contributed by atoms with Crippen molar-refractivity contribution < 1.29 is 14.6 Å². The van der Waals surface area contributed by atoms with Crippen molar-refractivity contribution in [3.05, 3.63) is 23.3 Å². The maximum absolute atomic E-state index is 11.6. The number of rotatable bonds is 7. The third-order valence-electron chi connectivity index (χ3n) is 7.26. The van der Waals surface area contributed by atoms with Crippen molar-refractivity contribution in [2.45, 2.75) is 70.9 Å². The molecule has 1 N–H and O–H groups in total. The molecule has 27 heavy (non-hydrogen) atoms. The first-order valence-electron chi connectivity index (χ1n) is 10.7. The lowest BCUT2D eigenvalue weighted by Crippen LogP contribution is -2.55. The topological polar surface area (TPSA) is 41.9 Å². The molecule has 0 saturated carbocycles. The zero-order chi connectivity index (χ0) is 19.6. The first-order chi connectivity index (χ1) is 13.0. The molecule has 1 aromatic carbocycles. The molecule has 3 atom stereocenters. The molecule has 4 nitrogen and oxygen atoms in total. The van der Waals surface area contributed by atoms with Crippen molar-refractivity contribution in [1.82, 2.24) is 4.90 Å². The molecule has 0 aromatic heterocycles. The van der Waals surface area contributed by atoms with Crippen LogP contribution in [0.2, 0.25) is 0 Å². The van der Waals surface area contributed by atoms with Crippen molar-refractivity contribution in [1.29, 1.82) is 0 Å². The summed E-state index contributed by atoms with van der Waals surface area (Å²) in [5, 5.41) is 11.6. The number of hydrogen-bond acceptors (Lipinski definition) is 4. The van der Waals surface area contributed by atoms with Gasteiger partial charge in [-0.15, -0.1) is 0 Å². The number of methoxy groups -OCH3 is 2. The fraction of sp³-hybridized carbons (Fsp3) is 0.739. The number of piperidine rings is 1. The molecule has 1 fully saturated rings. The van der Waals surface area contributed by atoms with Gasteiger partial charge in [0.25, 0.3) is 0 Å². The van der Waals surface area contributed by atoms with Crippen molar-refractivity contribution in [2.75, 3.05) is 27.3 Å². The second-order valence-electron chi connectivity index (χ2n) is 8.44. The summed E-state index contributed by atoms with van der Waals surface area (Å²) in [5.74, 6) is 2.67. The van der Waals surface area contributed by atoms with Crippen molar-refractivity contribution >= 4 is 0 Å². The van der Waals surface area contributed by atoms with Crippen LogP contribution in [-0.2, 0) is 6.42 Å². The quantitative estimate of drug-likeness (QED) is 0.757. The highest BCUT2D eigenvalue weighted by molar-refractivity contribution is 5.49. The van der Waals surface area contributed by atoms with Gasteiger partial charge in [-0.1, -0.05) is 33.6 Å². The van der Waals surface area contributed by atoms with Gasteiger partial charge in [-0.05, 0) is 54.9 Å². The zero-order valence-corrected chi connectivity index (χ0v) is 17.8. The minimum absolute atomic E-state index is 0.274. The standard InChI is InChI=1S/C23H37NO3/c1-6-16(7-2)11-18-15-24-10-9-17-12-21(26-4)22(27-5)13-19(17)20(24)14-23(18,25)8-3/h12-13,16,18,20,25H,6-11,14-15H2,1-5H3/t18-,20+,23-/m1/s1. The van der Waals surface area contributed by atoms with E-state index >= 15 is 0 Å².